The van der Waals surface area contributed by atoms with Crippen molar-refractivity contribution >= 4 is 28.0 Å². The summed E-state index contributed by atoms with van der Waals surface area (Å²) < 4.78 is 13.2. The van der Waals surface area contributed by atoms with E-state index in [0.29, 0.717) is 16.6 Å². The summed E-state index contributed by atoms with van der Waals surface area (Å²) in [5.74, 6) is 0.298. The molecule has 0 amide bonds. The molecule has 3 N–H and O–H groups in total. The molecular formula is C18H13FN6S. The normalized spacial score (nSPS) is 10.7. The summed E-state index contributed by atoms with van der Waals surface area (Å²) >= 11 is 1.33. The molecule has 0 atom stereocenters. The number of aromatic nitrogens is 4. The smallest absolute Gasteiger partial charge is 0.203 e. The van der Waals surface area contributed by atoms with E-state index >= 15 is 0 Å². The largest absolute Gasteiger partial charge is 0.374 e. The molecule has 0 bridgehead atoms. The van der Waals surface area contributed by atoms with Crippen molar-refractivity contribution in [2.45, 2.75) is 0 Å². The molecule has 2 aromatic heterocycles. The van der Waals surface area contributed by atoms with Gasteiger partial charge in [0.05, 0.1) is 0 Å². The molecule has 8 heteroatoms. The highest BCUT2D eigenvalue weighted by atomic mass is 32.1. The van der Waals surface area contributed by atoms with E-state index < -0.39 is 0 Å². The highest BCUT2D eigenvalue weighted by Gasteiger charge is 2.09. The van der Waals surface area contributed by atoms with Crippen LogP contribution in [0.1, 0.15) is 0 Å². The van der Waals surface area contributed by atoms with Crippen molar-refractivity contribution in [2.24, 2.45) is 0 Å². The quantitative estimate of drug-likeness (QED) is 0.566. The number of nitrogens with two attached hydrogens (primary N) is 1. The lowest BCUT2D eigenvalue weighted by atomic mass is 10.1. The van der Waals surface area contributed by atoms with Crippen LogP contribution in [0.4, 0.5) is 21.0 Å². The molecule has 0 saturated heterocycles. The summed E-state index contributed by atoms with van der Waals surface area (Å²) in [6, 6.07) is 13.8. The van der Waals surface area contributed by atoms with Gasteiger partial charge in [0.2, 0.25) is 5.13 Å². The number of anilines is 3. The minimum Gasteiger partial charge on any atom is -0.374 e. The number of nitrogens with zero attached hydrogens (tertiary/aromatic N) is 4. The van der Waals surface area contributed by atoms with Crippen LogP contribution in [0.15, 0.2) is 60.9 Å². The molecule has 0 fully saturated rings. The summed E-state index contributed by atoms with van der Waals surface area (Å²) in [6.07, 6.45) is 3.21. The van der Waals surface area contributed by atoms with Crippen LogP contribution < -0.4 is 11.1 Å². The second-order valence-corrected chi connectivity index (χ2v) is 6.42. The van der Waals surface area contributed by atoms with Gasteiger partial charge in [-0.1, -0.05) is 11.3 Å². The molecule has 0 aliphatic rings. The molecule has 0 radical (unpaired) electrons. The fourth-order valence-electron chi connectivity index (χ4n) is 2.43. The first kappa shape index (κ1) is 16.1. The highest BCUT2D eigenvalue weighted by molar-refractivity contribution is 7.18. The van der Waals surface area contributed by atoms with Gasteiger partial charge in [0.1, 0.15) is 16.5 Å². The standard InChI is InChI=1S/C18H13FN6S/c19-13-5-1-11(2-6-13)15-16(22-10-9-21-15)23-14-7-3-12(4-8-14)17-24-25-18(20)26-17/h1-10H,(H2,20,25)(H,22,23). The Morgan fingerprint density at radius 3 is 2.23 bits per heavy atom. The van der Waals surface area contributed by atoms with E-state index in [1.807, 2.05) is 24.3 Å². The van der Waals surface area contributed by atoms with E-state index in [1.54, 1.807) is 24.5 Å². The van der Waals surface area contributed by atoms with Gasteiger partial charge in [-0.25, -0.2) is 9.37 Å². The van der Waals surface area contributed by atoms with E-state index in [1.165, 1.54) is 23.5 Å². The van der Waals surface area contributed by atoms with Crippen LogP contribution in [-0.2, 0) is 0 Å². The van der Waals surface area contributed by atoms with Crippen LogP contribution in [0.3, 0.4) is 0 Å². The van der Waals surface area contributed by atoms with Gasteiger partial charge in [-0.15, -0.1) is 10.2 Å². The molecule has 4 aromatic rings. The summed E-state index contributed by atoms with van der Waals surface area (Å²) in [4.78, 5) is 8.72. The van der Waals surface area contributed by atoms with Gasteiger partial charge >= 0.3 is 0 Å². The van der Waals surface area contributed by atoms with Gasteiger partial charge in [-0.05, 0) is 48.5 Å². The van der Waals surface area contributed by atoms with Gasteiger partial charge in [-0.2, -0.15) is 0 Å². The Bertz CT molecular complexity index is 1030. The topological polar surface area (TPSA) is 89.6 Å². The lowest BCUT2D eigenvalue weighted by molar-refractivity contribution is 0.628. The summed E-state index contributed by atoms with van der Waals surface area (Å²) in [6.45, 7) is 0. The van der Waals surface area contributed by atoms with Crippen molar-refractivity contribution in [1.82, 2.24) is 20.2 Å². The maximum Gasteiger partial charge on any atom is 0.203 e. The van der Waals surface area contributed by atoms with E-state index in [-0.39, 0.29) is 5.82 Å². The number of nitrogens with one attached hydrogen (secondary N) is 1. The number of hydrogen-bond donors (Lipinski definition) is 2. The Balaban J connectivity index is 1.60. The zero-order chi connectivity index (χ0) is 17.9. The second-order valence-electron chi connectivity index (χ2n) is 5.41. The van der Waals surface area contributed by atoms with Gasteiger partial charge in [0.15, 0.2) is 5.82 Å². The monoisotopic (exact) mass is 364 g/mol. The highest BCUT2D eigenvalue weighted by Crippen LogP contribution is 2.29. The number of benzene rings is 2. The van der Waals surface area contributed by atoms with Gasteiger partial charge < -0.3 is 11.1 Å². The van der Waals surface area contributed by atoms with Crippen LogP contribution >= 0.6 is 11.3 Å². The zero-order valence-electron chi connectivity index (χ0n) is 13.4. The van der Waals surface area contributed by atoms with Gasteiger partial charge in [0, 0.05) is 29.2 Å². The minimum absolute atomic E-state index is 0.292. The van der Waals surface area contributed by atoms with Gasteiger partial charge in [0.25, 0.3) is 0 Å². The van der Waals surface area contributed by atoms with E-state index in [0.717, 1.165) is 21.8 Å². The van der Waals surface area contributed by atoms with E-state index in [9.17, 15) is 4.39 Å². The average Bonchev–Trinajstić information content (AvgIpc) is 3.10. The van der Waals surface area contributed by atoms with Gasteiger partial charge in [-0.3, -0.25) is 4.98 Å². The lowest BCUT2D eigenvalue weighted by Gasteiger charge is -2.10. The third kappa shape index (κ3) is 3.35. The average molecular weight is 364 g/mol. The number of rotatable bonds is 4. The molecule has 0 saturated carbocycles. The molecule has 2 heterocycles. The van der Waals surface area contributed by atoms with Crippen LogP contribution in [0.2, 0.25) is 0 Å². The third-order valence-electron chi connectivity index (χ3n) is 3.65. The predicted octanol–water partition coefficient (Wildman–Crippen LogP) is 4.13. The SMILES string of the molecule is Nc1nnc(-c2ccc(Nc3nccnc3-c3ccc(F)cc3)cc2)s1. The Kier molecular flexibility index (Phi) is 4.24. The van der Waals surface area contributed by atoms with Crippen LogP contribution in [0, 0.1) is 5.82 Å². The van der Waals surface area contributed by atoms with E-state index in [4.69, 9.17) is 5.73 Å². The Hall–Kier alpha value is -3.39. The fourth-order valence-corrected chi connectivity index (χ4v) is 3.05. The molecule has 2 aromatic carbocycles. The molecule has 0 aliphatic carbocycles. The number of nitrogen functional groups attached to an aromatic ring is 1. The first-order chi connectivity index (χ1) is 12.7. The van der Waals surface area contributed by atoms with Crippen molar-refractivity contribution in [3.05, 3.63) is 66.7 Å². The summed E-state index contributed by atoms with van der Waals surface area (Å²) in [7, 11) is 0. The molecule has 0 aliphatic heterocycles. The molecule has 4 rings (SSSR count). The third-order valence-corrected chi connectivity index (χ3v) is 4.45. The van der Waals surface area contributed by atoms with Crippen molar-refractivity contribution < 1.29 is 4.39 Å². The molecule has 0 unspecified atom stereocenters. The first-order valence-electron chi connectivity index (χ1n) is 7.72. The van der Waals surface area contributed by atoms with Crippen LogP contribution in [-0.4, -0.2) is 20.2 Å². The Morgan fingerprint density at radius 2 is 1.54 bits per heavy atom. The van der Waals surface area contributed by atoms with Crippen molar-refractivity contribution in [3.8, 4) is 21.8 Å². The lowest BCUT2D eigenvalue weighted by Crippen LogP contribution is -1.98. The molecule has 26 heavy (non-hydrogen) atoms. The summed E-state index contributed by atoms with van der Waals surface area (Å²) in [5.41, 5.74) is 8.83. The maximum atomic E-state index is 13.2. The van der Waals surface area contributed by atoms with Crippen LogP contribution in [0.5, 0.6) is 0 Å². The fraction of sp³-hybridized carbons (Fsp3) is 0. The van der Waals surface area contributed by atoms with Crippen molar-refractivity contribution in [3.63, 3.8) is 0 Å². The van der Waals surface area contributed by atoms with Crippen LogP contribution in [0.25, 0.3) is 21.8 Å². The van der Waals surface area contributed by atoms with Crippen molar-refractivity contribution in [2.75, 3.05) is 11.1 Å². The molecule has 128 valence electrons. The first-order valence-corrected chi connectivity index (χ1v) is 8.54. The minimum atomic E-state index is -0.292. The Morgan fingerprint density at radius 1 is 0.846 bits per heavy atom. The predicted molar refractivity (Wildman–Crippen MR) is 100 cm³/mol. The number of halogens is 1. The number of hydrogen-bond acceptors (Lipinski definition) is 7. The second kappa shape index (κ2) is 6.85. The Labute approximate surface area is 152 Å². The molecule has 6 nitrogen and oxygen atoms in total. The zero-order valence-corrected chi connectivity index (χ0v) is 14.2. The van der Waals surface area contributed by atoms with Crippen molar-refractivity contribution in [1.29, 1.82) is 0 Å². The molecule has 0 spiro atoms. The summed E-state index contributed by atoms with van der Waals surface area (Å²) in [5, 5.41) is 12.3. The maximum absolute atomic E-state index is 13.2. The molecular weight excluding hydrogens is 351 g/mol. The van der Waals surface area contributed by atoms with E-state index in [2.05, 4.69) is 25.5 Å².